The lowest BCUT2D eigenvalue weighted by atomic mass is 10.1. The SMILES string of the molecule is CCOc1ccc(NC(=O)C(C)CC)cc1S(=O)(=O)N1CCOCC1. The minimum atomic E-state index is -3.72. The number of rotatable bonds is 7. The molecule has 1 saturated heterocycles. The van der Waals surface area contributed by atoms with Crippen LogP contribution in [-0.2, 0) is 19.6 Å². The van der Waals surface area contributed by atoms with Gasteiger partial charge in [-0.3, -0.25) is 4.79 Å². The molecule has 2 rings (SSSR count). The standard InChI is InChI=1S/C17H26N2O5S/c1-4-13(3)17(20)18-14-6-7-15(24-5-2)16(12-14)25(21,22)19-8-10-23-11-9-19/h6-7,12-13H,4-5,8-11H2,1-3H3,(H,18,20). The minimum absolute atomic E-state index is 0.0678. The van der Waals surface area contributed by atoms with Crippen LogP contribution in [0.5, 0.6) is 5.75 Å². The fourth-order valence-electron chi connectivity index (χ4n) is 2.44. The van der Waals surface area contributed by atoms with Crippen molar-refractivity contribution in [2.75, 3.05) is 38.2 Å². The van der Waals surface area contributed by atoms with E-state index in [4.69, 9.17) is 9.47 Å². The summed E-state index contributed by atoms with van der Waals surface area (Å²) in [4.78, 5) is 12.2. The average Bonchev–Trinajstić information content (AvgIpc) is 2.63. The first kappa shape index (κ1) is 19.7. The quantitative estimate of drug-likeness (QED) is 0.794. The van der Waals surface area contributed by atoms with Crippen molar-refractivity contribution in [3.63, 3.8) is 0 Å². The van der Waals surface area contributed by atoms with Crippen LogP contribution >= 0.6 is 0 Å². The van der Waals surface area contributed by atoms with Gasteiger partial charge in [-0.15, -0.1) is 0 Å². The molecule has 0 spiro atoms. The number of nitrogens with one attached hydrogen (secondary N) is 1. The Bertz CT molecular complexity index is 699. The molecule has 140 valence electrons. The maximum absolute atomic E-state index is 13.0. The summed E-state index contributed by atoms with van der Waals surface area (Å²) < 4.78 is 38.1. The van der Waals surface area contributed by atoms with Crippen LogP contribution < -0.4 is 10.1 Å². The fraction of sp³-hybridized carbons (Fsp3) is 0.588. The lowest BCUT2D eigenvalue weighted by Gasteiger charge is -2.27. The topological polar surface area (TPSA) is 84.9 Å². The average molecular weight is 370 g/mol. The smallest absolute Gasteiger partial charge is 0.246 e. The van der Waals surface area contributed by atoms with Gasteiger partial charge in [0.1, 0.15) is 10.6 Å². The molecule has 0 aromatic heterocycles. The monoisotopic (exact) mass is 370 g/mol. The van der Waals surface area contributed by atoms with Crippen molar-refractivity contribution in [2.24, 2.45) is 5.92 Å². The molecule has 8 heteroatoms. The van der Waals surface area contributed by atoms with E-state index in [1.165, 1.54) is 10.4 Å². The van der Waals surface area contributed by atoms with Crippen molar-refractivity contribution in [1.29, 1.82) is 0 Å². The molecular formula is C17H26N2O5S. The zero-order valence-corrected chi connectivity index (χ0v) is 15.8. The summed E-state index contributed by atoms with van der Waals surface area (Å²) in [5, 5.41) is 2.78. The highest BCUT2D eigenvalue weighted by molar-refractivity contribution is 7.89. The number of hydrogen-bond donors (Lipinski definition) is 1. The summed E-state index contributed by atoms with van der Waals surface area (Å²) in [6.07, 6.45) is 0.710. The predicted molar refractivity (Wildman–Crippen MR) is 95.3 cm³/mol. The van der Waals surface area contributed by atoms with Gasteiger partial charge in [-0.1, -0.05) is 13.8 Å². The summed E-state index contributed by atoms with van der Waals surface area (Å²) in [7, 11) is -3.72. The summed E-state index contributed by atoms with van der Waals surface area (Å²) in [5.41, 5.74) is 0.445. The molecule has 1 N–H and O–H groups in total. The molecule has 25 heavy (non-hydrogen) atoms. The molecule has 1 aromatic carbocycles. The second-order valence-electron chi connectivity index (χ2n) is 5.91. The molecule has 1 unspecified atom stereocenters. The second-order valence-corrected chi connectivity index (χ2v) is 7.82. The van der Waals surface area contributed by atoms with Gasteiger partial charge in [-0.25, -0.2) is 8.42 Å². The Balaban J connectivity index is 2.36. The van der Waals surface area contributed by atoms with Gasteiger partial charge in [0, 0.05) is 24.7 Å². The minimum Gasteiger partial charge on any atom is -0.492 e. The summed E-state index contributed by atoms with van der Waals surface area (Å²) in [5.74, 6) is 0.00257. The molecular weight excluding hydrogens is 344 g/mol. The van der Waals surface area contributed by atoms with Gasteiger partial charge in [0.05, 0.1) is 19.8 Å². The van der Waals surface area contributed by atoms with E-state index in [2.05, 4.69) is 5.32 Å². The van der Waals surface area contributed by atoms with Crippen molar-refractivity contribution in [1.82, 2.24) is 4.31 Å². The normalized spacial score (nSPS) is 17.1. The Labute approximate surface area is 149 Å². The number of nitrogens with zero attached hydrogens (tertiary/aromatic N) is 1. The fourth-order valence-corrected chi connectivity index (χ4v) is 4.00. The molecule has 1 fully saturated rings. The largest absolute Gasteiger partial charge is 0.492 e. The number of sulfonamides is 1. The van der Waals surface area contributed by atoms with E-state index in [1.54, 1.807) is 19.1 Å². The van der Waals surface area contributed by atoms with Crippen LogP contribution in [0, 0.1) is 5.92 Å². The van der Waals surface area contributed by atoms with Crippen LogP contribution in [0.15, 0.2) is 23.1 Å². The Morgan fingerprint density at radius 1 is 1.32 bits per heavy atom. The molecule has 0 bridgehead atoms. The van der Waals surface area contributed by atoms with Gasteiger partial charge in [-0.2, -0.15) is 4.31 Å². The van der Waals surface area contributed by atoms with E-state index in [0.29, 0.717) is 45.0 Å². The number of benzene rings is 1. The first-order chi connectivity index (χ1) is 11.9. The zero-order valence-electron chi connectivity index (χ0n) is 14.9. The molecule has 1 aliphatic heterocycles. The van der Waals surface area contributed by atoms with Crippen LogP contribution in [-0.4, -0.2) is 51.5 Å². The first-order valence-corrected chi connectivity index (χ1v) is 9.99. The van der Waals surface area contributed by atoms with E-state index in [0.717, 1.165) is 0 Å². The third-order valence-corrected chi connectivity index (χ3v) is 6.08. The number of carbonyl (C=O) groups is 1. The number of hydrogen-bond acceptors (Lipinski definition) is 5. The van der Waals surface area contributed by atoms with E-state index >= 15 is 0 Å². The molecule has 7 nitrogen and oxygen atoms in total. The maximum Gasteiger partial charge on any atom is 0.246 e. The van der Waals surface area contributed by atoms with Crippen molar-refractivity contribution in [3.05, 3.63) is 18.2 Å². The van der Waals surface area contributed by atoms with Gasteiger partial charge in [0.2, 0.25) is 15.9 Å². The van der Waals surface area contributed by atoms with Crippen molar-refractivity contribution in [3.8, 4) is 5.75 Å². The highest BCUT2D eigenvalue weighted by atomic mass is 32.2. The summed E-state index contributed by atoms with van der Waals surface area (Å²) >= 11 is 0. The molecule has 0 aliphatic carbocycles. The summed E-state index contributed by atoms with van der Waals surface area (Å²) in [6, 6.07) is 4.71. The Hall–Kier alpha value is -1.64. The Kier molecular flexibility index (Phi) is 6.80. The number of carbonyl (C=O) groups excluding carboxylic acids is 1. The maximum atomic E-state index is 13.0. The molecule has 1 heterocycles. The van der Waals surface area contributed by atoms with Gasteiger partial charge in [0.25, 0.3) is 0 Å². The van der Waals surface area contributed by atoms with E-state index in [-0.39, 0.29) is 22.5 Å². The molecule has 0 saturated carbocycles. The van der Waals surface area contributed by atoms with Crippen molar-refractivity contribution >= 4 is 21.6 Å². The van der Waals surface area contributed by atoms with Crippen LogP contribution in [0.3, 0.4) is 0 Å². The van der Waals surface area contributed by atoms with Crippen LogP contribution in [0.2, 0.25) is 0 Å². The van der Waals surface area contributed by atoms with Crippen molar-refractivity contribution in [2.45, 2.75) is 32.1 Å². The van der Waals surface area contributed by atoms with Gasteiger partial charge in [0.15, 0.2) is 0 Å². The lowest BCUT2D eigenvalue weighted by molar-refractivity contribution is -0.119. The highest BCUT2D eigenvalue weighted by Crippen LogP contribution is 2.30. The molecule has 1 aromatic rings. The van der Waals surface area contributed by atoms with Crippen molar-refractivity contribution < 1.29 is 22.7 Å². The Morgan fingerprint density at radius 3 is 2.60 bits per heavy atom. The zero-order chi connectivity index (χ0) is 18.4. The third kappa shape index (κ3) is 4.71. The molecule has 0 radical (unpaired) electrons. The molecule has 1 amide bonds. The number of ether oxygens (including phenoxy) is 2. The molecule has 1 aliphatic rings. The summed E-state index contributed by atoms with van der Waals surface area (Å²) in [6.45, 7) is 7.25. The van der Waals surface area contributed by atoms with Gasteiger partial charge >= 0.3 is 0 Å². The van der Waals surface area contributed by atoms with E-state index in [9.17, 15) is 13.2 Å². The van der Waals surface area contributed by atoms with E-state index < -0.39 is 10.0 Å². The van der Waals surface area contributed by atoms with Crippen LogP contribution in [0.4, 0.5) is 5.69 Å². The number of morpholine rings is 1. The van der Waals surface area contributed by atoms with Gasteiger partial charge in [-0.05, 0) is 31.5 Å². The Morgan fingerprint density at radius 2 is 2.00 bits per heavy atom. The first-order valence-electron chi connectivity index (χ1n) is 8.55. The third-order valence-electron chi connectivity index (χ3n) is 4.16. The lowest BCUT2D eigenvalue weighted by Crippen LogP contribution is -2.40. The van der Waals surface area contributed by atoms with Gasteiger partial charge < -0.3 is 14.8 Å². The van der Waals surface area contributed by atoms with Crippen LogP contribution in [0.25, 0.3) is 0 Å². The van der Waals surface area contributed by atoms with Crippen LogP contribution in [0.1, 0.15) is 27.2 Å². The highest BCUT2D eigenvalue weighted by Gasteiger charge is 2.30. The van der Waals surface area contributed by atoms with E-state index in [1.807, 2.05) is 13.8 Å². The number of anilines is 1. The predicted octanol–water partition coefficient (Wildman–Crippen LogP) is 2.09. The number of amides is 1. The molecule has 1 atom stereocenters. The second kappa shape index (κ2) is 8.64.